The Balaban J connectivity index is 1.68. The number of halogens is 1. The number of phenolic OH excluding ortho intramolecular Hbond substituents is 1. The van der Waals surface area contributed by atoms with Crippen molar-refractivity contribution in [2.45, 2.75) is 0 Å². The molecule has 0 radical (unpaired) electrons. The number of benzene rings is 3. The highest BCUT2D eigenvalue weighted by Crippen LogP contribution is 2.31. The summed E-state index contributed by atoms with van der Waals surface area (Å²) in [6, 6.07) is 22.8. The summed E-state index contributed by atoms with van der Waals surface area (Å²) in [6.45, 7) is 0. The van der Waals surface area contributed by atoms with Gasteiger partial charge in [0.15, 0.2) is 0 Å². The first kappa shape index (κ1) is 15.5. The number of fused-ring (bicyclic) bond motifs is 1. The molecule has 0 atom stereocenters. The molecular weight excluding hydrogens is 334 g/mol. The summed E-state index contributed by atoms with van der Waals surface area (Å²) in [6.07, 6.45) is 1.57. The van der Waals surface area contributed by atoms with E-state index in [1.807, 2.05) is 36.4 Å². The van der Waals surface area contributed by atoms with Crippen molar-refractivity contribution in [1.29, 1.82) is 0 Å². The Morgan fingerprint density at radius 2 is 1.76 bits per heavy atom. The molecule has 25 heavy (non-hydrogen) atoms. The highest BCUT2D eigenvalue weighted by Gasteiger charge is 2.08. The number of nitrogens with zero attached hydrogens (tertiary/aromatic N) is 1. The van der Waals surface area contributed by atoms with E-state index in [4.69, 9.17) is 16.0 Å². The molecule has 4 rings (SSSR count). The number of furan rings is 1. The van der Waals surface area contributed by atoms with Gasteiger partial charge in [0.1, 0.15) is 23.0 Å². The topological polar surface area (TPSA) is 45.7 Å². The van der Waals surface area contributed by atoms with Crippen LogP contribution in [-0.4, -0.2) is 11.3 Å². The summed E-state index contributed by atoms with van der Waals surface area (Å²) >= 11 is 5.93. The van der Waals surface area contributed by atoms with Gasteiger partial charge in [-0.15, -0.1) is 0 Å². The quantitative estimate of drug-likeness (QED) is 0.448. The molecule has 0 aliphatic heterocycles. The third-order valence-corrected chi connectivity index (χ3v) is 4.19. The first-order chi connectivity index (χ1) is 12.2. The maximum absolute atomic E-state index is 9.81. The van der Waals surface area contributed by atoms with E-state index in [-0.39, 0.29) is 5.75 Å². The van der Waals surface area contributed by atoms with Gasteiger partial charge in [-0.2, -0.15) is 0 Å². The zero-order valence-corrected chi connectivity index (χ0v) is 13.9. The van der Waals surface area contributed by atoms with Crippen molar-refractivity contribution in [2.75, 3.05) is 0 Å². The third kappa shape index (κ3) is 3.14. The highest BCUT2D eigenvalue weighted by atomic mass is 35.5. The Kier molecular flexibility index (Phi) is 4.00. The SMILES string of the molecule is Oc1ccc(Cl)cc1N=Cc1ccc(-c2cccc3ccccc23)o1. The molecule has 3 aromatic carbocycles. The third-order valence-electron chi connectivity index (χ3n) is 3.95. The molecule has 1 N–H and O–H groups in total. The number of aliphatic imine (C=N–C) groups is 1. The second-order valence-electron chi connectivity index (χ2n) is 5.62. The zero-order chi connectivity index (χ0) is 17.2. The lowest BCUT2D eigenvalue weighted by Gasteiger charge is -2.03. The van der Waals surface area contributed by atoms with Crippen LogP contribution in [0.5, 0.6) is 5.75 Å². The van der Waals surface area contributed by atoms with Gasteiger partial charge in [-0.3, -0.25) is 0 Å². The van der Waals surface area contributed by atoms with Crippen LogP contribution in [0.2, 0.25) is 5.02 Å². The Hall–Kier alpha value is -3.04. The number of hydrogen-bond acceptors (Lipinski definition) is 3. The van der Waals surface area contributed by atoms with Gasteiger partial charge in [0.25, 0.3) is 0 Å². The molecule has 1 aromatic heterocycles. The van der Waals surface area contributed by atoms with Crippen LogP contribution in [0, 0.1) is 0 Å². The van der Waals surface area contributed by atoms with E-state index in [0.717, 1.165) is 22.1 Å². The van der Waals surface area contributed by atoms with Crippen LogP contribution in [-0.2, 0) is 0 Å². The Labute approximate surface area is 149 Å². The van der Waals surface area contributed by atoms with Gasteiger partial charge >= 0.3 is 0 Å². The van der Waals surface area contributed by atoms with E-state index < -0.39 is 0 Å². The molecule has 3 nitrogen and oxygen atoms in total. The molecule has 0 saturated heterocycles. The minimum Gasteiger partial charge on any atom is -0.506 e. The fourth-order valence-electron chi connectivity index (χ4n) is 2.74. The van der Waals surface area contributed by atoms with E-state index in [9.17, 15) is 5.11 Å². The molecule has 0 fully saturated rings. The maximum Gasteiger partial charge on any atom is 0.145 e. The fourth-order valence-corrected chi connectivity index (χ4v) is 2.91. The normalized spacial score (nSPS) is 11.4. The predicted octanol–water partition coefficient (Wildman–Crippen LogP) is 6.21. The molecule has 0 saturated carbocycles. The molecule has 4 aromatic rings. The smallest absolute Gasteiger partial charge is 0.145 e. The molecule has 0 amide bonds. The van der Waals surface area contributed by atoms with E-state index in [0.29, 0.717) is 16.5 Å². The van der Waals surface area contributed by atoms with Gasteiger partial charge in [0.05, 0.1) is 6.21 Å². The molecule has 0 aliphatic carbocycles. The Morgan fingerprint density at radius 3 is 2.68 bits per heavy atom. The van der Waals surface area contributed by atoms with Crippen LogP contribution in [0.4, 0.5) is 5.69 Å². The molecular formula is C21H14ClNO2. The largest absolute Gasteiger partial charge is 0.506 e. The lowest BCUT2D eigenvalue weighted by Crippen LogP contribution is -1.79. The van der Waals surface area contributed by atoms with E-state index in [1.165, 1.54) is 6.07 Å². The fraction of sp³-hybridized carbons (Fsp3) is 0. The lowest BCUT2D eigenvalue weighted by atomic mass is 10.0. The predicted molar refractivity (Wildman–Crippen MR) is 102 cm³/mol. The van der Waals surface area contributed by atoms with Gasteiger partial charge in [-0.25, -0.2) is 4.99 Å². The Bertz CT molecular complexity index is 1080. The van der Waals surface area contributed by atoms with Crippen LogP contribution in [0.3, 0.4) is 0 Å². The molecule has 0 unspecified atom stereocenters. The number of phenols is 1. The van der Waals surface area contributed by atoms with Gasteiger partial charge in [-0.05, 0) is 41.1 Å². The van der Waals surface area contributed by atoms with Gasteiger partial charge in [0.2, 0.25) is 0 Å². The minimum absolute atomic E-state index is 0.0708. The average Bonchev–Trinajstić information content (AvgIpc) is 3.11. The number of hydrogen-bond donors (Lipinski definition) is 1. The van der Waals surface area contributed by atoms with Crippen LogP contribution in [0.15, 0.2) is 82.2 Å². The van der Waals surface area contributed by atoms with E-state index in [2.05, 4.69) is 23.2 Å². The minimum atomic E-state index is 0.0708. The van der Waals surface area contributed by atoms with Crippen LogP contribution >= 0.6 is 11.6 Å². The van der Waals surface area contributed by atoms with Crippen molar-refractivity contribution in [3.8, 4) is 17.1 Å². The van der Waals surface area contributed by atoms with E-state index >= 15 is 0 Å². The molecule has 0 spiro atoms. The molecule has 0 aliphatic rings. The van der Waals surface area contributed by atoms with Crippen LogP contribution in [0.1, 0.15) is 5.76 Å². The standard InChI is InChI=1S/C21H14ClNO2/c22-15-8-10-20(24)19(12-15)23-13-16-9-11-21(25-16)18-7-3-5-14-4-1-2-6-17(14)18/h1-13,24H. The first-order valence-corrected chi connectivity index (χ1v) is 8.19. The summed E-state index contributed by atoms with van der Waals surface area (Å²) in [7, 11) is 0. The summed E-state index contributed by atoms with van der Waals surface area (Å²) in [5, 5.41) is 12.6. The monoisotopic (exact) mass is 347 g/mol. The first-order valence-electron chi connectivity index (χ1n) is 7.81. The van der Waals surface area contributed by atoms with Gasteiger partial charge in [0, 0.05) is 10.6 Å². The summed E-state index contributed by atoms with van der Waals surface area (Å²) in [5.74, 6) is 1.44. The molecule has 122 valence electrons. The second-order valence-corrected chi connectivity index (χ2v) is 6.06. The van der Waals surface area contributed by atoms with Crippen LogP contribution < -0.4 is 0 Å². The molecule has 1 heterocycles. The zero-order valence-electron chi connectivity index (χ0n) is 13.2. The lowest BCUT2D eigenvalue weighted by molar-refractivity contribution is 0.477. The maximum atomic E-state index is 9.81. The number of rotatable bonds is 3. The second kappa shape index (κ2) is 6.46. The number of aromatic hydroxyl groups is 1. The van der Waals surface area contributed by atoms with Crippen molar-refractivity contribution >= 4 is 34.3 Å². The molecule has 0 bridgehead atoms. The Morgan fingerprint density at radius 1 is 0.920 bits per heavy atom. The molecule has 4 heteroatoms. The van der Waals surface area contributed by atoms with Gasteiger partial charge < -0.3 is 9.52 Å². The summed E-state index contributed by atoms with van der Waals surface area (Å²) in [4.78, 5) is 4.25. The van der Waals surface area contributed by atoms with Crippen molar-refractivity contribution in [2.24, 2.45) is 4.99 Å². The van der Waals surface area contributed by atoms with Gasteiger partial charge in [-0.1, -0.05) is 54.1 Å². The summed E-state index contributed by atoms with van der Waals surface area (Å²) in [5.41, 5.74) is 1.43. The van der Waals surface area contributed by atoms with Crippen molar-refractivity contribution < 1.29 is 9.52 Å². The van der Waals surface area contributed by atoms with Crippen LogP contribution in [0.25, 0.3) is 22.1 Å². The average molecular weight is 348 g/mol. The van der Waals surface area contributed by atoms with Crippen molar-refractivity contribution in [3.05, 3.63) is 83.6 Å². The highest BCUT2D eigenvalue weighted by molar-refractivity contribution is 6.30. The van der Waals surface area contributed by atoms with Crippen molar-refractivity contribution in [1.82, 2.24) is 0 Å². The summed E-state index contributed by atoms with van der Waals surface area (Å²) < 4.78 is 5.91. The van der Waals surface area contributed by atoms with E-state index in [1.54, 1.807) is 18.3 Å². The van der Waals surface area contributed by atoms with Crippen molar-refractivity contribution in [3.63, 3.8) is 0 Å².